The van der Waals surface area contributed by atoms with Gasteiger partial charge in [-0.25, -0.2) is 14.3 Å². The van der Waals surface area contributed by atoms with E-state index >= 15 is 0 Å². The van der Waals surface area contributed by atoms with Gasteiger partial charge in [0.25, 0.3) is 5.91 Å². The van der Waals surface area contributed by atoms with Gasteiger partial charge in [0.05, 0.1) is 11.3 Å². The molecule has 0 atom stereocenters. The molecule has 0 aliphatic carbocycles. The van der Waals surface area contributed by atoms with Crippen molar-refractivity contribution >= 4 is 5.91 Å². The quantitative estimate of drug-likeness (QED) is 0.446. The number of carbonyl (C=O) groups is 1. The van der Waals surface area contributed by atoms with Gasteiger partial charge in [-0.05, 0) is 55.0 Å². The van der Waals surface area contributed by atoms with Gasteiger partial charge >= 0.3 is 0 Å². The number of nitrogens with one attached hydrogen (secondary N) is 1. The number of aryl methyl sites for hydroxylation is 1. The molecule has 158 valence electrons. The average Bonchev–Trinajstić information content (AvgIpc) is 3.59. The Labute approximate surface area is 184 Å². The molecule has 0 spiro atoms. The molecular formula is C24H20N6O2. The number of para-hydroxylation sites is 1. The van der Waals surface area contributed by atoms with Crippen LogP contribution in [0.15, 0.2) is 89.9 Å². The Balaban J connectivity index is 1.42. The van der Waals surface area contributed by atoms with Crippen LogP contribution in [0.3, 0.4) is 0 Å². The van der Waals surface area contributed by atoms with E-state index in [1.165, 1.54) is 0 Å². The third-order valence-electron chi connectivity index (χ3n) is 4.96. The largest absolute Gasteiger partial charge is 0.460 e. The van der Waals surface area contributed by atoms with Gasteiger partial charge in [0.15, 0.2) is 11.6 Å². The molecule has 0 bridgehead atoms. The second-order valence-electron chi connectivity index (χ2n) is 7.24. The van der Waals surface area contributed by atoms with Crippen molar-refractivity contribution in [3.05, 3.63) is 102 Å². The minimum atomic E-state index is -0.242. The van der Waals surface area contributed by atoms with Gasteiger partial charge in [-0.3, -0.25) is 4.79 Å². The lowest BCUT2D eigenvalue weighted by Gasteiger charge is -2.07. The Morgan fingerprint density at radius 1 is 1.03 bits per heavy atom. The standard InChI is InChI=1S/C24H20N6O2/c1-17-8-9-21(32-17)23-20(16-30(28-23)19-6-3-2-4-7-19)24(31)26-15-18-10-12-25-22(14-18)29-13-5-11-27-29/h2-14,16H,15H2,1H3,(H,26,31). The van der Waals surface area contributed by atoms with Crippen molar-refractivity contribution in [2.75, 3.05) is 0 Å². The normalized spacial score (nSPS) is 10.9. The number of carbonyl (C=O) groups excluding carboxylic acids is 1. The molecular weight excluding hydrogens is 404 g/mol. The Morgan fingerprint density at radius 2 is 1.91 bits per heavy atom. The summed E-state index contributed by atoms with van der Waals surface area (Å²) in [4.78, 5) is 17.5. The molecule has 8 nitrogen and oxygen atoms in total. The molecule has 1 aromatic carbocycles. The summed E-state index contributed by atoms with van der Waals surface area (Å²) in [5.41, 5.74) is 2.69. The van der Waals surface area contributed by atoms with Crippen LogP contribution in [0, 0.1) is 6.92 Å². The maximum Gasteiger partial charge on any atom is 0.255 e. The number of hydrogen-bond acceptors (Lipinski definition) is 5. The molecule has 1 amide bonds. The zero-order chi connectivity index (χ0) is 21.9. The van der Waals surface area contributed by atoms with Crippen molar-refractivity contribution < 1.29 is 9.21 Å². The average molecular weight is 424 g/mol. The highest BCUT2D eigenvalue weighted by Gasteiger charge is 2.21. The molecule has 4 aromatic heterocycles. The van der Waals surface area contributed by atoms with Crippen molar-refractivity contribution in [2.45, 2.75) is 13.5 Å². The number of nitrogens with zero attached hydrogens (tertiary/aromatic N) is 5. The Hall–Kier alpha value is -4.46. The maximum atomic E-state index is 13.1. The second kappa shape index (κ2) is 8.35. The minimum absolute atomic E-state index is 0.242. The summed E-state index contributed by atoms with van der Waals surface area (Å²) in [5.74, 6) is 1.75. The minimum Gasteiger partial charge on any atom is -0.460 e. The van der Waals surface area contributed by atoms with Crippen molar-refractivity contribution in [3.63, 3.8) is 0 Å². The van der Waals surface area contributed by atoms with Gasteiger partial charge in [-0.1, -0.05) is 18.2 Å². The molecule has 0 fully saturated rings. The van der Waals surface area contributed by atoms with E-state index in [1.807, 2.05) is 73.8 Å². The molecule has 4 heterocycles. The third-order valence-corrected chi connectivity index (χ3v) is 4.96. The predicted molar refractivity (Wildman–Crippen MR) is 119 cm³/mol. The highest BCUT2D eigenvalue weighted by atomic mass is 16.3. The molecule has 0 unspecified atom stereocenters. The molecule has 0 radical (unpaired) electrons. The van der Waals surface area contributed by atoms with Crippen molar-refractivity contribution in [2.24, 2.45) is 0 Å². The fraction of sp³-hybridized carbons (Fsp3) is 0.0833. The lowest BCUT2D eigenvalue weighted by molar-refractivity contribution is 0.0951. The topological polar surface area (TPSA) is 90.8 Å². The zero-order valence-corrected chi connectivity index (χ0v) is 17.3. The van der Waals surface area contributed by atoms with E-state index in [4.69, 9.17) is 4.42 Å². The van der Waals surface area contributed by atoms with Crippen LogP contribution in [0.25, 0.3) is 23.0 Å². The first-order valence-electron chi connectivity index (χ1n) is 10.1. The van der Waals surface area contributed by atoms with Crippen molar-refractivity contribution in [3.8, 4) is 23.0 Å². The van der Waals surface area contributed by atoms with E-state index < -0.39 is 0 Å². The van der Waals surface area contributed by atoms with E-state index in [0.29, 0.717) is 29.4 Å². The number of hydrogen-bond donors (Lipinski definition) is 1. The van der Waals surface area contributed by atoms with Gasteiger partial charge in [-0.2, -0.15) is 10.2 Å². The number of rotatable bonds is 6. The number of furan rings is 1. The van der Waals surface area contributed by atoms with Crippen LogP contribution in [0.1, 0.15) is 21.7 Å². The zero-order valence-electron chi connectivity index (χ0n) is 17.3. The summed E-state index contributed by atoms with van der Waals surface area (Å²) in [6, 6.07) is 18.9. The molecule has 0 saturated carbocycles. The first-order chi connectivity index (χ1) is 15.7. The van der Waals surface area contributed by atoms with Crippen LogP contribution in [0.5, 0.6) is 0 Å². The molecule has 5 aromatic rings. The lowest BCUT2D eigenvalue weighted by atomic mass is 10.2. The first-order valence-corrected chi connectivity index (χ1v) is 10.1. The maximum absolute atomic E-state index is 13.1. The second-order valence-corrected chi connectivity index (χ2v) is 7.24. The highest BCUT2D eigenvalue weighted by Crippen LogP contribution is 2.25. The third kappa shape index (κ3) is 3.93. The number of benzene rings is 1. The molecule has 5 rings (SSSR count). The summed E-state index contributed by atoms with van der Waals surface area (Å²) in [5, 5.41) is 11.8. The molecule has 0 saturated heterocycles. The summed E-state index contributed by atoms with van der Waals surface area (Å²) in [6.07, 6.45) is 6.93. The molecule has 0 aliphatic heterocycles. The van der Waals surface area contributed by atoms with Crippen LogP contribution >= 0.6 is 0 Å². The van der Waals surface area contributed by atoms with Gasteiger partial charge in [0.2, 0.25) is 0 Å². The number of amides is 1. The monoisotopic (exact) mass is 424 g/mol. The summed E-state index contributed by atoms with van der Waals surface area (Å²) in [7, 11) is 0. The van der Waals surface area contributed by atoms with Gasteiger partial charge < -0.3 is 9.73 Å². The molecule has 8 heteroatoms. The summed E-state index contributed by atoms with van der Waals surface area (Å²) < 4.78 is 9.11. The molecule has 1 N–H and O–H groups in total. The van der Waals surface area contributed by atoms with Crippen molar-refractivity contribution in [1.29, 1.82) is 0 Å². The van der Waals surface area contributed by atoms with E-state index in [0.717, 1.165) is 17.0 Å². The first kappa shape index (κ1) is 19.5. The highest BCUT2D eigenvalue weighted by molar-refractivity contribution is 5.99. The smallest absolute Gasteiger partial charge is 0.255 e. The number of pyridine rings is 1. The van der Waals surface area contributed by atoms with E-state index in [2.05, 4.69) is 20.5 Å². The fourth-order valence-electron chi connectivity index (χ4n) is 3.37. The van der Waals surface area contributed by atoms with Gasteiger partial charge in [-0.15, -0.1) is 0 Å². The Kier molecular flexibility index (Phi) is 5.09. The van der Waals surface area contributed by atoms with Crippen LogP contribution in [0.4, 0.5) is 0 Å². The molecule has 0 aliphatic rings. The van der Waals surface area contributed by atoms with E-state index in [-0.39, 0.29) is 5.91 Å². The summed E-state index contributed by atoms with van der Waals surface area (Å²) >= 11 is 0. The molecule has 32 heavy (non-hydrogen) atoms. The Morgan fingerprint density at radius 3 is 2.66 bits per heavy atom. The van der Waals surface area contributed by atoms with E-state index in [1.54, 1.807) is 28.0 Å². The number of aromatic nitrogens is 5. The predicted octanol–water partition coefficient (Wildman–Crippen LogP) is 3.95. The van der Waals surface area contributed by atoms with Crippen LogP contribution in [-0.2, 0) is 6.54 Å². The Bertz CT molecular complexity index is 1350. The van der Waals surface area contributed by atoms with Crippen LogP contribution in [0.2, 0.25) is 0 Å². The summed E-state index contributed by atoms with van der Waals surface area (Å²) in [6.45, 7) is 2.20. The van der Waals surface area contributed by atoms with Crippen LogP contribution in [-0.4, -0.2) is 30.5 Å². The van der Waals surface area contributed by atoms with Gasteiger partial charge in [0.1, 0.15) is 11.5 Å². The lowest BCUT2D eigenvalue weighted by Crippen LogP contribution is -2.23. The van der Waals surface area contributed by atoms with Crippen molar-refractivity contribution in [1.82, 2.24) is 29.9 Å². The SMILES string of the molecule is Cc1ccc(-c2nn(-c3ccccc3)cc2C(=O)NCc2ccnc(-n3cccn3)c2)o1. The van der Waals surface area contributed by atoms with Gasteiger partial charge in [0, 0.05) is 31.3 Å². The van der Waals surface area contributed by atoms with Crippen LogP contribution < -0.4 is 5.32 Å². The fourth-order valence-corrected chi connectivity index (χ4v) is 3.37. The van der Waals surface area contributed by atoms with E-state index in [9.17, 15) is 4.79 Å².